The fraction of sp³-hybridized carbons (Fsp3) is 0.250. The molecule has 5 heteroatoms. The van der Waals surface area contributed by atoms with Gasteiger partial charge in [-0.15, -0.1) is 0 Å². The molecule has 0 radical (unpaired) electrons. The number of nitrogens with zero attached hydrogens (tertiary/aromatic N) is 3. The minimum Gasteiger partial charge on any atom is -0.440 e. The van der Waals surface area contributed by atoms with Crippen LogP contribution in [-0.4, -0.2) is 9.97 Å². The van der Waals surface area contributed by atoms with Crippen LogP contribution in [0.5, 0.6) is 0 Å². The zero-order valence-corrected chi connectivity index (χ0v) is 13.6. The van der Waals surface area contributed by atoms with Crippen LogP contribution >= 0.6 is 0 Å². The van der Waals surface area contributed by atoms with Crippen LogP contribution in [0.1, 0.15) is 41.3 Å². The highest BCUT2D eigenvalue weighted by molar-refractivity contribution is 5.47. The lowest BCUT2D eigenvalue weighted by atomic mass is 9.90. The van der Waals surface area contributed by atoms with Gasteiger partial charge in [0.05, 0.1) is 17.3 Å². The molecule has 0 fully saturated rings. The fourth-order valence-corrected chi connectivity index (χ4v) is 3.38. The van der Waals surface area contributed by atoms with E-state index < -0.39 is 0 Å². The molecule has 0 N–H and O–H groups in total. The molecule has 1 aliphatic rings. The molecule has 4 rings (SSSR count). The van der Waals surface area contributed by atoms with Crippen molar-refractivity contribution >= 4 is 0 Å². The van der Waals surface area contributed by atoms with E-state index in [4.69, 9.17) is 9.68 Å². The van der Waals surface area contributed by atoms with Crippen molar-refractivity contribution in [2.45, 2.75) is 31.6 Å². The Morgan fingerprint density at radius 3 is 2.96 bits per heavy atom. The Bertz CT molecular complexity index is 943. The highest BCUT2D eigenvalue weighted by Gasteiger charge is 2.24. The molecule has 0 bridgehead atoms. The van der Waals surface area contributed by atoms with E-state index in [9.17, 15) is 4.39 Å². The van der Waals surface area contributed by atoms with Gasteiger partial charge in [-0.2, -0.15) is 5.26 Å². The number of aryl methyl sites for hydroxylation is 1. The number of oxazole rings is 1. The van der Waals surface area contributed by atoms with Crippen LogP contribution in [0, 0.1) is 17.1 Å². The van der Waals surface area contributed by atoms with Crippen molar-refractivity contribution in [1.29, 1.82) is 5.26 Å². The number of halogens is 1. The second kappa shape index (κ2) is 6.48. The SMILES string of the molecule is N#Cc1cc(F)cc(C2CCCc3oc(-c4ccccn4)nc3C2)c1. The van der Waals surface area contributed by atoms with Gasteiger partial charge < -0.3 is 4.42 Å². The second-order valence-corrected chi connectivity index (χ2v) is 6.28. The lowest BCUT2D eigenvalue weighted by Gasteiger charge is -2.14. The molecule has 2 aromatic heterocycles. The van der Waals surface area contributed by atoms with Gasteiger partial charge in [0.1, 0.15) is 17.3 Å². The van der Waals surface area contributed by atoms with Crippen LogP contribution in [0.15, 0.2) is 47.0 Å². The molecule has 0 saturated carbocycles. The molecule has 0 aliphatic heterocycles. The Hall–Kier alpha value is -3.00. The molecule has 124 valence electrons. The summed E-state index contributed by atoms with van der Waals surface area (Å²) in [6.45, 7) is 0. The summed E-state index contributed by atoms with van der Waals surface area (Å²) in [5.74, 6) is 1.18. The molecule has 0 saturated heterocycles. The molecule has 4 nitrogen and oxygen atoms in total. The Morgan fingerprint density at radius 1 is 1.24 bits per heavy atom. The molecule has 1 aromatic carbocycles. The lowest BCUT2D eigenvalue weighted by Crippen LogP contribution is -2.03. The van der Waals surface area contributed by atoms with Crippen molar-refractivity contribution in [2.24, 2.45) is 0 Å². The third-order valence-electron chi connectivity index (χ3n) is 4.58. The van der Waals surface area contributed by atoms with E-state index in [0.717, 1.165) is 36.3 Å². The Labute approximate surface area is 145 Å². The summed E-state index contributed by atoms with van der Waals surface area (Å²) in [4.78, 5) is 8.92. The average molecular weight is 333 g/mol. The summed E-state index contributed by atoms with van der Waals surface area (Å²) in [7, 11) is 0. The van der Waals surface area contributed by atoms with Crippen molar-refractivity contribution in [3.8, 4) is 17.7 Å². The van der Waals surface area contributed by atoms with Crippen molar-refractivity contribution in [1.82, 2.24) is 9.97 Å². The van der Waals surface area contributed by atoms with Crippen molar-refractivity contribution in [3.63, 3.8) is 0 Å². The normalized spacial score (nSPS) is 16.7. The van der Waals surface area contributed by atoms with Gasteiger partial charge in [-0.25, -0.2) is 9.37 Å². The Kier molecular flexibility index (Phi) is 4.02. The van der Waals surface area contributed by atoms with E-state index in [-0.39, 0.29) is 11.7 Å². The molecule has 0 amide bonds. The van der Waals surface area contributed by atoms with Crippen LogP contribution in [0.2, 0.25) is 0 Å². The summed E-state index contributed by atoms with van der Waals surface area (Å²) in [6, 6.07) is 12.2. The van der Waals surface area contributed by atoms with Gasteiger partial charge in [0.15, 0.2) is 0 Å². The maximum atomic E-state index is 13.8. The largest absolute Gasteiger partial charge is 0.440 e. The topological polar surface area (TPSA) is 62.7 Å². The van der Waals surface area contributed by atoms with Crippen LogP contribution < -0.4 is 0 Å². The minimum absolute atomic E-state index is 0.130. The summed E-state index contributed by atoms with van der Waals surface area (Å²) in [6.07, 6.45) is 5.06. The summed E-state index contributed by atoms with van der Waals surface area (Å²) >= 11 is 0. The van der Waals surface area contributed by atoms with Gasteiger partial charge in [-0.1, -0.05) is 6.07 Å². The first-order chi connectivity index (χ1) is 12.2. The molecule has 1 atom stereocenters. The van der Waals surface area contributed by atoms with Crippen LogP contribution in [0.25, 0.3) is 11.6 Å². The van der Waals surface area contributed by atoms with Crippen molar-refractivity contribution in [2.75, 3.05) is 0 Å². The molecular weight excluding hydrogens is 317 g/mol. The quantitative estimate of drug-likeness (QED) is 0.652. The highest BCUT2D eigenvalue weighted by atomic mass is 19.1. The zero-order valence-electron chi connectivity index (χ0n) is 13.6. The predicted molar refractivity (Wildman–Crippen MR) is 90.2 cm³/mol. The Morgan fingerprint density at radius 2 is 2.16 bits per heavy atom. The maximum Gasteiger partial charge on any atom is 0.245 e. The lowest BCUT2D eigenvalue weighted by molar-refractivity contribution is 0.504. The van der Waals surface area contributed by atoms with Gasteiger partial charge in [0, 0.05) is 19.0 Å². The number of rotatable bonds is 2. The number of pyridine rings is 1. The number of fused-ring (bicyclic) bond motifs is 1. The average Bonchev–Trinajstić information content (AvgIpc) is 2.93. The van der Waals surface area contributed by atoms with Gasteiger partial charge >= 0.3 is 0 Å². The fourth-order valence-electron chi connectivity index (χ4n) is 3.38. The molecule has 0 spiro atoms. The molecule has 25 heavy (non-hydrogen) atoms. The van der Waals surface area contributed by atoms with Gasteiger partial charge in [-0.3, -0.25) is 4.98 Å². The van der Waals surface area contributed by atoms with E-state index in [2.05, 4.69) is 9.97 Å². The number of benzene rings is 1. The van der Waals surface area contributed by atoms with E-state index in [1.807, 2.05) is 24.3 Å². The first-order valence-electron chi connectivity index (χ1n) is 8.33. The van der Waals surface area contributed by atoms with E-state index >= 15 is 0 Å². The first-order valence-corrected chi connectivity index (χ1v) is 8.33. The standard InChI is InChI=1S/C20H16FN3O/c21-16-9-13(12-22)8-15(10-16)14-4-3-6-19-18(11-14)24-20(25-19)17-5-1-2-7-23-17/h1-2,5,7-10,14H,3-4,6,11H2. The smallest absolute Gasteiger partial charge is 0.245 e. The van der Waals surface area contributed by atoms with Gasteiger partial charge in [0.25, 0.3) is 0 Å². The first kappa shape index (κ1) is 15.5. The third-order valence-corrected chi connectivity index (χ3v) is 4.58. The van der Waals surface area contributed by atoms with E-state index in [0.29, 0.717) is 23.6 Å². The molecular formula is C20H16FN3O. The number of aromatic nitrogens is 2. The minimum atomic E-state index is -0.368. The van der Waals surface area contributed by atoms with Crippen LogP contribution in [0.4, 0.5) is 4.39 Å². The number of hydrogen-bond donors (Lipinski definition) is 0. The monoisotopic (exact) mass is 333 g/mol. The van der Waals surface area contributed by atoms with Crippen molar-refractivity contribution < 1.29 is 8.81 Å². The highest BCUT2D eigenvalue weighted by Crippen LogP contribution is 2.34. The zero-order chi connectivity index (χ0) is 17.2. The van der Waals surface area contributed by atoms with Gasteiger partial charge in [0.2, 0.25) is 5.89 Å². The third kappa shape index (κ3) is 3.16. The van der Waals surface area contributed by atoms with E-state index in [1.165, 1.54) is 12.1 Å². The number of hydrogen-bond acceptors (Lipinski definition) is 4. The molecule has 3 aromatic rings. The second-order valence-electron chi connectivity index (χ2n) is 6.28. The molecule has 2 heterocycles. The predicted octanol–water partition coefficient (Wildman–Crippen LogP) is 4.41. The summed E-state index contributed by atoms with van der Waals surface area (Å²) in [5, 5.41) is 9.08. The van der Waals surface area contributed by atoms with Gasteiger partial charge in [-0.05, 0) is 54.7 Å². The van der Waals surface area contributed by atoms with Crippen LogP contribution in [0.3, 0.4) is 0 Å². The Balaban J connectivity index is 1.67. The molecule has 1 unspecified atom stereocenters. The van der Waals surface area contributed by atoms with E-state index in [1.54, 1.807) is 12.3 Å². The van der Waals surface area contributed by atoms with Crippen molar-refractivity contribution in [3.05, 3.63) is 71.0 Å². The summed E-state index contributed by atoms with van der Waals surface area (Å²) in [5.41, 5.74) is 2.83. The molecule has 1 aliphatic carbocycles. The number of nitriles is 1. The van der Waals surface area contributed by atoms with Crippen LogP contribution in [-0.2, 0) is 12.8 Å². The summed E-state index contributed by atoms with van der Waals surface area (Å²) < 4.78 is 19.7. The maximum absolute atomic E-state index is 13.8.